The quantitative estimate of drug-likeness (QED) is 0.479. The van der Waals surface area contributed by atoms with Crippen molar-refractivity contribution in [1.29, 1.82) is 0 Å². The molecule has 9 heteroatoms. The molecule has 158 valence electrons. The molecule has 4 rings (SSSR count). The van der Waals surface area contributed by atoms with Crippen LogP contribution in [0.15, 0.2) is 47.8 Å². The maximum Gasteiger partial charge on any atom is 0.256 e. The second kappa shape index (κ2) is 8.66. The molecule has 8 nitrogen and oxygen atoms in total. The number of rotatable bonds is 6. The van der Waals surface area contributed by atoms with Crippen molar-refractivity contribution in [3.63, 3.8) is 0 Å². The molecule has 0 atom stereocenters. The molecule has 0 aliphatic rings. The van der Waals surface area contributed by atoms with Crippen molar-refractivity contribution in [3.05, 3.63) is 59.1 Å². The van der Waals surface area contributed by atoms with E-state index >= 15 is 0 Å². The normalized spacial score (nSPS) is 10.9. The molecule has 1 aromatic carbocycles. The number of nitrogens with one attached hydrogen (secondary N) is 2. The van der Waals surface area contributed by atoms with Crippen LogP contribution in [0.1, 0.15) is 16.1 Å². The van der Waals surface area contributed by atoms with Crippen LogP contribution in [0.2, 0.25) is 0 Å². The maximum absolute atomic E-state index is 13.2. The number of amides is 2. The van der Waals surface area contributed by atoms with E-state index in [0.29, 0.717) is 22.6 Å². The Morgan fingerprint density at radius 1 is 1.13 bits per heavy atom. The Kier molecular flexibility index (Phi) is 5.79. The number of pyridine rings is 1. The van der Waals surface area contributed by atoms with Gasteiger partial charge in [0.05, 0.1) is 27.2 Å². The lowest BCUT2D eigenvalue weighted by atomic mass is 10.1. The van der Waals surface area contributed by atoms with Gasteiger partial charge < -0.3 is 15.4 Å². The van der Waals surface area contributed by atoms with Crippen LogP contribution < -0.4 is 10.6 Å². The summed E-state index contributed by atoms with van der Waals surface area (Å²) in [7, 11) is 3.28. The Hall–Kier alpha value is -3.56. The van der Waals surface area contributed by atoms with E-state index in [4.69, 9.17) is 9.72 Å². The van der Waals surface area contributed by atoms with E-state index in [1.165, 1.54) is 7.11 Å². The standard InChI is InChI=1S/C22H21N5O3S/c1-13-20-16(11-17(18-5-4-10-31-18)25-21(20)27(2)26-13)22(29)24-15-8-6-14(7-9-15)23-19(28)12-30-3/h4-11H,12H2,1-3H3,(H,23,28)(H,24,29). The number of carbonyl (C=O) groups is 2. The highest BCUT2D eigenvalue weighted by atomic mass is 32.1. The number of ether oxygens (including phenoxy) is 1. The predicted molar refractivity (Wildman–Crippen MR) is 121 cm³/mol. The van der Waals surface area contributed by atoms with Gasteiger partial charge in [0.2, 0.25) is 5.91 Å². The second-order valence-electron chi connectivity index (χ2n) is 6.95. The van der Waals surface area contributed by atoms with Crippen LogP contribution in [0.4, 0.5) is 11.4 Å². The van der Waals surface area contributed by atoms with Crippen molar-refractivity contribution in [2.24, 2.45) is 7.05 Å². The average Bonchev–Trinajstić information content (AvgIpc) is 3.38. The average molecular weight is 436 g/mol. The minimum absolute atomic E-state index is 0.0203. The third kappa shape index (κ3) is 4.32. The Balaban J connectivity index is 1.64. The van der Waals surface area contributed by atoms with Crippen molar-refractivity contribution < 1.29 is 14.3 Å². The SMILES string of the molecule is COCC(=O)Nc1ccc(NC(=O)c2cc(-c3cccs3)nc3c2c(C)nn3C)cc1. The van der Waals surface area contributed by atoms with E-state index in [0.717, 1.165) is 21.7 Å². The molecule has 3 heterocycles. The lowest BCUT2D eigenvalue weighted by molar-refractivity contribution is -0.119. The number of methoxy groups -OCH3 is 1. The second-order valence-corrected chi connectivity index (χ2v) is 7.90. The zero-order chi connectivity index (χ0) is 22.0. The summed E-state index contributed by atoms with van der Waals surface area (Å²) in [6, 6.07) is 12.6. The number of benzene rings is 1. The molecule has 4 aromatic rings. The van der Waals surface area contributed by atoms with E-state index in [1.54, 1.807) is 46.4 Å². The van der Waals surface area contributed by atoms with Gasteiger partial charge in [-0.15, -0.1) is 11.3 Å². The zero-order valence-electron chi connectivity index (χ0n) is 17.3. The monoisotopic (exact) mass is 435 g/mol. The third-order valence-corrected chi connectivity index (χ3v) is 5.58. The van der Waals surface area contributed by atoms with Crippen molar-refractivity contribution in [2.45, 2.75) is 6.92 Å². The van der Waals surface area contributed by atoms with Crippen LogP contribution in [-0.2, 0) is 16.6 Å². The van der Waals surface area contributed by atoms with E-state index in [-0.39, 0.29) is 18.4 Å². The fraction of sp³-hybridized carbons (Fsp3) is 0.182. The van der Waals surface area contributed by atoms with E-state index in [9.17, 15) is 9.59 Å². The number of anilines is 2. The molecule has 0 aliphatic carbocycles. The minimum atomic E-state index is -0.252. The molecule has 2 amide bonds. The Morgan fingerprint density at radius 2 is 1.84 bits per heavy atom. The molecule has 0 aliphatic heterocycles. The van der Waals surface area contributed by atoms with Gasteiger partial charge in [0, 0.05) is 25.5 Å². The van der Waals surface area contributed by atoms with Crippen molar-refractivity contribution >= 4 is 45.6 Å². The van der Waals surface area contributed by atoms with E-state index in [2.05, 4.69) is 15.7 Å². The molecule has 0 unspecified atom stereocenters. The van der Waals surface area contributed by atoms with Gasteiger partial charge in [0.1, 0.15) is 6.61 Å². The number of aryl methyl sites for hydroxylation is 2. The van der Waals surface area contributed by atoms with Crippen LogP contribution in [0.3, 0.4) is 0 Å². The maximum atomic E-state index is 13.2. The van der Waals surface area contributed by atoms with Gasteiger partial charge in [-0.1, -0.05) is 6.07 Å². The molecular weight excluding hydrogens is 414 g/mol. The lowest BCUT2D eigenvalue weighted by Gasteiger charge is -2.10. The van der Waals surface area contributed by atoms with E-state index in [1.807, 2.05) is 31.5 Å². The van der Waals surface area contributed by atoms with Crippen LogP contribution in [0.25, 0.3) is 21.6 Å². The number of hydrogen-bond acceptors (Lipinski definition) is 6. The first-order chi connectivity index (χ1) is 15.0. The highest BCUT2D eigenvalue weighted by molar-refractivity contribution is 7.13. The Bertz CT molecular complexity index is 1250. The molecule has 0 bridgehead atoms. The van der Waals surface area contributed by atoms with Crippen LogP contribution in [-0.4, -0.2) is 40.3 Å². The summed E-state index contributed by atoms with van der Waals surface area (Å²) in [5.74, 6) is -0.496. The van der Waals surface area contributed by atoms with Crippen LogP contribution >= 0.6 is 11.3 Å². The summed E-state index contributed by atoms with van der Waals surface area (Å²) in [6.07, 6.45) is 0. The summed E-state index contributed by atoms with van der Waals surface area (Å²) < 4.78 is 6.49. The topological polar surface area (TPSA) is 98.1 Å². The molecule has 0 saturated heterocycles. The number of fused-ring (bicyclic) bond motifs is 1. The molecule has 0 fully saturated rings. The molecule has 0 spiro atoms. The third-order valence-electron chi connectivity index (χ3n) is 4.69. The van der Waals surface area contributed by atoms with Crippen molar-refractivity contribution in [3.8, 4) is 10.6 Å². The smallest absolute Gasteiger partial charge is 0.256 e. The van der Waals surface area contributed by atoms with Crippen LogP contribution in [0, 0.1) is 6.92 Å². The molecular formula is C22H21N5O3S. The van der Waals surface area contributed by atoms with Crippen molar-refractivity contribution in [2.75, 3.05) is 24.4 Å². The van der Waals surface area contributed by atoms with Gasteiger partial charge in [-0.2, -0.15) is 5.10 Å². The van der Waals surface area contributed by atoms with Gasteiger partial charge in [-0.25, -0.2) is 4.98 Å². The number of carbonyl (C=O) groups excluding carboxylic acids is 2. The van der Waals surface area contributed by atoms with Gasteiger partial charge in [-0.3, -0.25) is 14.3 Å². The minimum Gasteiger partial charge on any atom is -0.375 e. The number of thiophene rings is 1. The van der Waals surface area contributed by atoms with Crippen LogP contribution in [0.5, 0.6) is 0 Å². The summed E-state index contributed by atoms with van der Waals surface area (Å²) >= 11 is 1.56. The van der Waals surface area contributed by atoms with Crippen molar-refractivity contribution in [1.82, 2.24) is 14.8 Å². The number of aromatic nitrogens is 3. The van der Waals surface area contributed by atoms with Gasteiger partial charge in [-0.05, 0) is 48.7 Å². The lowest BCUT2D eigenvalue weighted by Crippen LogP contribution is -2.17. The summed E-state index contributed by atoms with van der Waals surface area (Å²) in [4.78, 5) is 30.5. The summed E-state index contributed by atoms with van der Waals surface area (Å²) in [6.45, 7) is 1.84. The van der Waals surface area contributed by atoms with Gasteiger partial charge in [0.15, 0.2) is 5.65 Å². The molecule has 0 saturated carbocycles. The Labute approximate surface area is 182 Å². The fourth-order valence-electron chi connectivity index (χ4n) is 3.34. The number of nitrogens with zero attached hydrogens (tertiary/aromatic N) is 3. The summed E-state index contributed by atoms with van der Waals surface area (Å²) in [5.41, 5.74) is 3.87. The molecule has 2 N–H and O–H groups in total. The first-order valence-electron chi connectivity index (χ1n) is 9.54. The number of hydrogen-bond donors (Lipinski definition) is 2. The summed E-state index contributed by atoms with van der Waals surface area (Å²) in [5, 5.41) is 12.8. The fourth-order valence-corrected chi connectivity index (χ4v) is 4.02. The van der Waals surface area contributed by atoms with Gasteiger partial charge in [0.25, 0.3) is 5.91 Å². The highest BCUT2D eigenvalue weighted by Crippen LogP contribution is 2.29. The first kappa shape index (κ1) is 20.7. The highest BCUT2D eigenvalue weighted by Gasteiger charge is 2.19. The van der Waals surface area contributed by atoms with E-state index < -0.39 is 0 Å². The van der Waals surface area contributed by atoms with Gasteiger partial charge >= 0.3 is 0 Å². The first-order valence-corrected chi connectivity index (χ1v) is 10.4. The zero-order valence-corrected chi connectivity index (χ0v) is 18.1. The Morgan fingerprint density at radius 3 is 2.48 bits per heavy atom. The largest absolute Gasteiger partial charge is 0.375 e. The predicted octanol–water partition coefficient (Wildman–Crippen LogP) is 3.84. The molecule has 31 heavy (non-hydrogen) atoms. The molecule has 0 radical (unpaired) electrons. The molecule has 3 aromatic heterocycles.